The van der Waals surface area contributed by atoms with Crippen molar-refractivity contribution in [2.45, 2.75) is 12.6 Å². The van der Waals surface area contributed by atoms with Gasteiger partial charge in [0.15, 0.2) is 5.82 Å². The lowest BCUT2D eigenvalue weighted by molar-refractivity contribution is -0.122. The van der Waals surface area contributed by atoms with Crippen molar-refractivity contribution < 1.29 is 14.0 Å². The highest BCUT2D eigenvalue weighted by Crippen LogP contribution is 2.33. The summed E-state index contributed by atoms with van der Waals surface area (Å²) in [5.74, 6) is 0.747. The van der Waals surface area contributed by atoms with Gasteiger partial charge in [-0.15, -0.1) is 0 Å². The molecule has 3 aliphatic heterocycles. The van der Waals surface area contributed by atoms with Crippen LogP contribution in [0.4, 0.5) is 15.1 Å². The van der Waals surface area contributed by atoms with Gasteiger partial charge in [-0.05, 0) is 11.8 Å². The average Bonchev–Trinajstić information content (AvgIpc) is 3.05. The van der Waals surface area contributed by atoms with Crippen LogP contribution in [-0.4, -0.2) is 59.2 Å². The molecule has 2 N–H and O–H groups in total. The topological polar surface area (TPSA) is 90.5 Å². The van der Waals surface area contributed by atoms with Gasteiger partial charge in [0, 0.05) is 26.2 Å². The van der Waals surface area contributed by atoms with E-state index < -0.39 is 11.8 Å². The predicted octanol–water partition coefficient (Wildman–Crippen LogP) is -0.461. The maximum Gasteiger partial charge on any atom is 0.322 e. The Hall–Kier alpha value is -2.29. The van der Waals surface area contributed by atoms with Crippen molar-refractivity contribution in [2.75, 3.05) is 31.1 Å². The molecule has 0 bridgehead atoms. The zero-order chi connectivity index (χ0) is 16.0. The van der Waals surface area contributed by atoms with Crippen LogP contribution in [0.3, 0.4) is 0 Å². The van der Waals surface area contributed by atoms with Gasteiger partial charge in [0.1, 0.15) is 0 Å². The maximum absolute atomic E-state index is 12.9. The lowest BCUT2D eigenvalue weighted by atomic mass is 10.0. The molecule has 1 aromatic rings. The monoisotopic (exact) mass is 320 g/mol. The summed E-state index contributed by atoms with van der Waals surface area (Å²) in [6, 6.07) is -0.426. The highest BCUT2D eigenvalue weighted by atomic mass is 19.1. The smallest absolute Gasteiger partial charge is 0.322 e. The van der Waals surface area contributed by atoms with Crippen LogP contribution in [0, 0.1) is 17.7 Å². The largest absolute Gasteiger partial charge is 0.340 e. The van der Waals surface area contributed by atoms with Crippen molar-refractivity contribution in [3.8, 4) is 0 Å². The number of fused-ring (bicyclic) bond motifs is 1. The second kappa shape index (κ2) is 5.41. The maximum atomic E-state index is 12.9. The van der Waals surface area contributed by atoms with E-state index >= 15 is 0 Å². The fourth-order valence-electron chi connectivity index (χ4n) is 3.73. The number of anilines is 1. The van der Waals surface area contributed by atoms with Crippen LogP contribution in [0.2, 0.25) is 0 Å². The number of imide groups is 1. The highest BCUT2D eigenvalue weighted by molar-refractivity contribution is 5.97. The van der Waals surface area contributed by atoms with Crippen LogP contribution in [0.1, 0.15) is 6.42 Å². The summed E-state index contributed by atoms with van der Waals surface area (Å²) in [6.07, 6.45) is 2.42. The number of aromatic nitrogens is 2. The molecular formula is C14H17FN6O2. The molecule has 8 nitrogen and oxygen atoms in total. The minimum atomic E-state index is -0.439. The average molecular weight is 320 g/mol. The number of hydrogen-bond donors (Lipinski definition) is 2. The van der Waals surface area contributed by atoms with Crippen molar-refractivity contribution in [3.05, 3.63) is 18.2 Å². The first kappa shape index (κ1) is 14.3. The Balaban J connectivity index is 1.39. The van der Waals surface area contributed by atoms with Crippen LogP contribution in [-0.2, 0) is 4.79 Å². The predicted molar refractivity (Wildman–Crippen MR) is 77.8 cm³/mol. The normalized spacial score (nSPS) is 31.0. The van der Waals surface area contributed by atoms with Crippen LogP contribution < -0.4 is 15.5 Å². The van der Waals surface area contributed by atoms with Gasteiger partial charge < -0.3 is 10.2 Å². The minimum absolute atomic E-state index is 0.225. The molecule has 9 heteroatoms. The van der Waals surface area contributed by atoms with Gasteiger partial charge in [0.05, 0.1) is 25.0 Å². The number of amides is 3. The van der Waals surface area contributed by atoms with E-state index in [-0.39, 0.29) is 18.5 Å². The standard InChI is InChI=1S/C14H17FN6O2/c15-10-2-16-13(17-3-10)21-6-8-4-20(5-9(8)7-21)11-1-12(22)19-14(23)18-11/h2-3,8-9,11H,1,4-7H2,(H2,18,19,22,23). The molecular weight excluding hydrogens is 303 g/mol. The molecule has 3 aliphatic rings. The first-order chi connectivity index (χ1) is 11.1. The summed E-state index contributed by atoms with van der Waals surface area (Å²) in [5, 5.41) is 5.05. The fourth-order valence-corrected chi connectivity index (χ4v) is 3.73. The Bertz CT molecular complexity index is 609. The van der Waals surface area contributed by atoms with Gasteiger partial charge in [0.25, 0.3) is 0 Å². The third-order valence-electron chi connectivity index (χ3n) is 4.77. The molecule has 3 unspecified atom stereocenters. The molecule has 3 saturated heterocycles. The van der Waals surface area contributed by atoms with E-state index in [1.54, 1.807) is 0 Å². The Morgan fingerprint density at radius 2 is 1.74 bits per heavy atom. The number of nitrogens with one attached hydrogen (secondary N) is 2. The van der Waals surface area contributed by atoms with Crippen LogP contribution in [0.5, 0.6) is 0 Å². The van der Waals surface area contributed by atoms with E-state index in [9.17, 15) is 14.0 Å². The molecule has 0 aromatic carbocycles. The molecule has 3 fully saturated rings. The number of hydrogen-bond acceptors (Lipinski definition) is 6. The number of nitrogens with zero attached hydrogens (tertiary/aromatic N) is 4. The molecule has 3 amide bonds. The van der Waals surface area contributed by atoms with Gasteiger partial charge in [-0.1, -0.05) is 0 Å². The summed E-state index contributed by atoms with van der Waals surface area (Å²) in [4.78, 5) is 35.2. The minimum Gasteiger partial charge on any atom is -0.340 e. The number of likely N-dealkylation sites (tertiary alicyclic amines) is 1. The summed E-state index contributed by atoms with van der Waals surface area (Å²) in [5.41, 5.74) is 0. The van der Waals surface area contributed by atoms with E-state index in [1.807, 2.05) is 0 Å². The first-order valence-corrected chi connectivity index (χ1v) is 7.65. The number of carbonyl (C=O) groups excluding carboxylic acids is 2. The second-order valence-corrected chi connectivity index (χ2v) is 6.32. The summed E-state index contributed by atoms with van der Waals surface area (Å²) >= 11 is 0. The molecule has 122 valence electrons. The highest BCUT2D eigenvalue weighted by Gasteiger charge is 2.44. The van der Waals surface area contributed by atoms with Crippen LogP contribution in [0.25, 0.3) is 0 Å². The van der Waals surface area contributed by atoms with Crippen molar-refractivity contribution in [3.63, 3.8) is 0 Å². The van der Waals surface area contributed by atoms with E-state index in [4.69, 9.17) is 0 Å². The van der Waals surface area contributed by atoms with E-state index in [1.165, 1.54) is 12.4 Å². The number of halogens is 1. The Morgan fingerprint density at radius 1 is 1.09 bits per heavy atom. The van der Waals surface area contributed by atoms with Crippen molar-refractivity contribution in [2.24, 2.45) is 11.8 Å². The summed E-state index contributed by atoms with van der Waals surface area (Å²) in [7, 11) is 0. The molecule has 23 heavy (non-hydrogen) atoms. The van der Waals surface area contributed by atoms with E-state index in [0.717, 1.165) is 26.2 Å². The molecule has 4 heterocycles. The van der Waals surface area contributed by atoms with Gasteiger partial charge in [0.2, 0.25) is 11.9 Å². The zero-order valence-electron chi connectivity index (χ0n) is 12.4. The molecule has 4 rings (SSSR count). The van der Waals surface area contributed by atoms with Crippen molar-refractivity contribution in [1.82, 2.24) is 25.5 Å². The van der Waals surface area contributed by atoms with Crippen LogP contribution >= 0.6 is 0 Å². The Morgan fingerprint density at radius 3 is 2.35 bits per heavy atom. The lowest BCUT2D eigenvalue weighted by Crippen LogP contribution is -2.58. The molecule has 1 aromatic heterocycles. The molecule has 0 saturated carbocycles. The zero-order valence-corrected chi connectivity index (χ0v) is 12.4. The quantitative estimate of drug-likeness (QED) is 0.766. The van der Waals surface area contributed by atoms with Gasteiger partial charge in [-0.25, -0.2) is 19.2 Å². The van der Waals surface area contributed by atoms with Gasteiger partial charge >= 0.3 is 6.03 Å². The third kappa shape index (κ3) is 2.72. The van der Waals surface area contributed by atoms with Gasteiger partial charge in [-0.3, -0.25) is 15.0 Å². The first-order valence-electron chi connectivity index (χ1n) is 7.65. The van der Waals surface area contributed by atoms with Gasteiger partial charge in [-0.2, -0.15) is 0 Å². The number of carbonyl (C=O) groups is 2. The van der Waals surface area contributed by atoms with E-state index in [0.29, 0.717) is 17.8 Å². The SMILES string of the molecule is O=C1CC(N2CC3CN(c4ncc(F)cn4)CC3C2)NC(=O)N1. The fraction of sp³-hybridized carbons (Fsp3) is 0.571. The number of urea groups is 1. The molecule has 0 aliphatic carbocycles. The summed E-state index contributed by atoms with van der Waals surface area (Å²) < 4.78 is 12.9. The Labute approximate surface area is 132 Å². The Kier molecular flexibility index (Phi) is 3.37. The molecule has 0 spiro atoms. The lowest BCUT2D eigenvalue weighted by Gasteiger charge is -2.32. The van der Waals surface area contributed by atoms with Crippen molar-refractivity contribution >= 4 is 17.9 Å². The second-order valence-electron chi connectivity index (χ2n) is 6.32. The van der Waals surface area contributed by atoms with E-state index in [2.05, 4.69) is 30.4 Å². The summed E-state index contributed by atoms with van der Waals surface area (Å²) in [6.45, 7) is 3.25. The molecule has 0 radical (unpaired) electrons. The third-order valence-corrected chi connectivity index (χ3v) is 4.77. The van der Waals surface area contributed by atoms with Crippen molar-refractivity contribution in [1.29, 1.82) is 0 Å². The number of rotatable bonds is 2. The van der Waals surface area contributed by atoms with Crippen LogP contribution in [0.15, 0.2) is 12.4 Å². The molecule has 3 atom stereocenters.